The van der Waals surface area contributed by atoms with E-state index in [4.69, 9.17) is 5.73 Å². The minimum absolute atomic E-state index is 0.250. The highest BCUT2D eigenvalue weighted by molar-refractivity contribution is 9.10. The van der Waals surface area contributed by atoms with Gasteiger partial charge in [0.05, 0.1) is 0 Å². The van der Waals surface area contributed by atoms with E-state index in [0.717, 1.165) is 21.4 Å². The molecule has 0 saturated heterocycles. The Labute approximate surface area is 123 Å². The molecule has 0 amide bonds. The molecule has 2 aromatic rings. The number of hydrogen-bond acceptors (Lipinski definition) is 2. The maximum Gasteiger partial charge on any atom is 0.0493 e. The Morgan fingerprint density at radius 2 is 1.79 bits per heavy atom. The third kappa shape index (κ3) is 3.10. The molecule has 2 nitrogen and oxygen atoms in total. The maximum absolute atomic E-state index is 5.90. The zero-order chi connectivity index (χ0) is 14.0. The van der Waals surface area contributed by atoms with E-state index in [0.29, 0.717) is 0 Å². The number of benzene rings is 2. The van der Waals surface area contributed by atoms with Gasteiger partial charge in [-0.05, 0) is 65.5 Å². The summed E-state index contributed by atoms with van der Waals surface area (Å²) in [5.41, 5.74) is 11.5. The first-order chi connectivity index (χ1) is 8.99. The molecule has 0 heterocycles. The summed E-state index contributed by atoms with van der Waals surface area (Å²) in [5, 5.41) is 3.53. The van der Waals surface area contributed by atoms with Crippen LogP contribution in [0.3, 0.4) is 0 Å². The van der Waals surface area contributed by atoms with E-state index in [1.807, 2.05) is 13.0 Å². The van der Waals surface area contributed by atoms with Gasteiger partial charge in [-0.3, -0.25) is 0 Å². The number of nitrogens with one attached hydrogen (secondary N) is 1. The second kappa shape index (κ2) is 5.66. The zero-order valence-electron chi connectivity index (χ0n) is 11.5. The number of aryl methyl sites for hydroxylation is 2. The largest absolute Gasteiger partial charge is 0.398 e. The first-order valence-electron chi connectivity index (χ1n) is 6.36. The van der Waals surface area contributed by atoms with Gasteiger partial charge in [-0.15, -0.1) is 0 Å². The first-order valence-corrected chi connectivity index (χ1v) is 7.16. The third-order valence-corrected chi connectivity index (χ3v) is 4.04. The van der Waals surface area contributed by atoms with E-state index in [1.165, 1.54) is 11.1 Å². The number of nitrogens with two attached hydrogens (primary N) is 1. The SMILES string of the molecule is Cc1cc(NC(C)c2ccccc2C)c(Br)cc1N. The number of halogens is 1. The standard InChI is InChI=1S/C16H19BrN2/c1-10-6-4-5-7-13(10)12(3)19-16-8-11(2)15(18)9-14(16)17/h4-9,12,19H,18H2,1-3H3. The van der Waals surface area contributed by atoms with Crippen LogP contribution in [0.4, 0.5) is 11.4 Å². The number of anilines is 2. The monoisotopic (exact) mass is 318 g/mol. The molecule has 0 aliphatic rings. The highest BCUT2D eigenvalue weighted by Crippen LogP contribution is 2.31. The highest BCUT2D eigenvalue weighted by atomic mass is 79.9. The fourth-order valence-electron chi connectivity index (χ4n) is 2.19. The topological polar surface area (TPSA) is 38.0 Å². The van der Waals surface area contributed by atoms with E-state index in [-0.39, 0.29) is 6.04 Å². The number of rotatable bonds is 3. The molecule has 0 spiro atoms. The van der Waals surface area contributed by atoms with Crippen LogP contribution in [0.1, 0.15) is 29.7 Å². The van der Waals surface area contributed by atoms with E-state index >= 15 is 0 Å². The van der Waals surface area contributed by atoms with Crippen molar-refractivity contribution in [2.75, 3.05) is 11.1 Å². The van der Waals surface area contributed by atoms with E-state index in [2.05, 4.69) is 65.4 Å². The van der Waals surface area contributed by atoms with Gasteiger partial charge in [0.2, 0.25) is 0 Å². The van der Waals surface area contributed by atoms with Crippen LogP contribution >= 0.6 is 15.9 Å². The lowest BCUT2D eigenvalue weighted by Gasteiger charge is -2.19. The minimum Gasteiger partial charge on any atom is -0.398 e. The van der Waals surface area contributed by atoms with E-state index in [1.54, 1.807) is 0 Å². The van der Waals surface area contributed by atoms with Crippen LogP contribution in [0.5, 0.6) is 0 Å². The van der Waals surface area contributed by atoms with Gasteiger partial charge in [0, 0.05) is 21.9 Å². The van der Waals surface area contributed by atoms with Gasteiger partial charge in [-0.2, -0.15) is 0 Å². The van der Waals surface area contributed by atoms with Crippen molar-refractivity contribution < 1.29 is 0 Å². The fourth-order valence-corrected chi connectivity index (χ4v) is 2.67. The average molecular weight is 319 g/mol. The quantitative estimate of drug-likeness (QED) is 0.796. The highest BCUT2D eigenvalue weighted by Gasteiger charge is 2.10. The van der Waals surface area contributed by atoms with Crippen molar-refractivity contribution in [2.45, 2.75) is 26.8 Å². The van der Waals surface area contributed by atoms with Crippen LogP contribution < -0.4 is 11.1 Å². The second-order valence-corrected chi connectivity index (χ2v) is 5.77. The van der Waals surface area contributed by atoms with Gasteiger partial charge < -0.3 is 11.1 Å². The number of hydrogen-bond donors (Lipinski definition) is 2. The van der Waals surface area contributed by atoms with Crippen LogP contribution in [-0.2, 0) is 0 Å². The Bertz CT molecular complexity index is 593. The van der Waals surface area contributed by atoms with E-state index in [9.17, 15) is 0 Å². The van der Waals surface area contributed by atoms with Crippen LogP contribution in [-0.4, -0.2) is 0 Å². The Morgan fingerprint density at radius 1 is 1.11 bits per heavy atom. The average Bonchev–Trinajstić information content (AvgIpc) is 2.36. The maximum atomic E-state index is 5.90. The summed E-state index contributed by atoms with van der Waals surface area (Å²) in [7, 11) is 0. The summed E-state index contributed by atoms with van der Waals surface area (Å²) in [6.07, 6.45) is 0. The molecule has 0 aliphatic carbocycles. The molecule has 100 valence electrons. The van der Waals surface area contributed by atoms with Crippen molar-refractivity contribution in [2.24, 2.45) is 0 Å². The number of nitrogen functional groups attached to an aromatic ring is 1. The Balaban J connectivity index is 2.27. The van der Waals surface area contributed by atoms with Crippen molar-refractivity contribution in [1.82, 2.24) is 0 Å². The Hall–Kier alpha value is -1.48. The van der Waals surface area contributed by atoms with Crippen molar-refractivity contribution in [3.63, 3.8) is 0 Å². The molecule has 3 N–H and O–H groups in total. The van der Waals surface area contributed by atoms with Gasteiger partial charge in [0.1, 0.15) is 0 Å². The molecule has 2 aromatic carbocycles. The first kappa shape index (κ1) is 13.9. The molecule has 0 aliphatic heterocycles. The molecular formula is C16H19BrN2. The van der Waals surface area contributed by atoms with Crippen LogP contribution in [0.25, 0.3) is 0 Å². The van der Waals surface area contributed by atoms with Crippen molar-refractivity contribution in [1.29, 1.82) is 0 Å². The third-order valence-electron chi connectivity index (χ3n) is 3.38. The van der Waals surface area contributed by atoms with Crippen molar-refractivity contribution >= 4 is 27.3 Å². The summed E-state index contributed by atoms with van der Waals surface area (Å²) in [6, 6.07) is 12.7. The molecule has 0 fully saturated rings. The predicted octanol–water partition coefficient (Wildman–Crippen LogP) is 4.82. The van der Waals surface area contributed by atoms with Crippen molar-refractivity contribution in [3.8, 4) is 0 Å². The van der Waals surface area contributed by atoms with Gasteiger partial charge in [-0.25, -0.2) is 0 Å². The minimum atomic E-state index is 0.250. The lowest BCUT2D eigenvalue weighted by molar-refractivity contribution is 0.873. The van der Waals surface area contributed by atoms with Gasteiger partial charge in [0.15, 0.2) is 0 Å². The van der Waals surface area contributed by atoms with Gasteiger partial charge in [-0.1, -0.05) is 24.3 Å². The summed E-state index contributed by atoms with van der Waals surface area (Å²) in [5.74, 6) is 0. The normalized spacial score (nSPS) is 12.2. The molecule has 19 heavy (non-hydrogen) atoms. The molecule has 0 aromatic heterocycles. The Morgan fingerprint density at radius 3 is 2.47 bits per heavy atom. The lowest BCUT2D eigenvalue weighted by Crippen LogP contribution is -2.09. The molecule has 1 unspecified atom stereocenters. The molecular weight excluding hydrogens is 300 g/mol. The second-order valence-electron chi connectivity index (χ2n) is 4.91. The summed E-state index contributed by atoms with van der Waals surface area (Å²) >= 11 is 3.56. The lowest BCUT2D eigenvalue weighted by atomic mass is 10.0. The predicted molar refractivity (Wildman–Crippen MR) is 86.5 cm³/mol. The Kier molecular flexibility index (Phi) is 4.15. The van der Waals surface area contributed by atoms with Crippen LogP contribution in [0.2, 0.25) is 0 Å². The van der Waals surface area contributed by atoms with Crippen LogP contribution in [0.15, 0.2) is 40.9 Å². The zero-order valence-corrected chi connectivity index (χ0v) is 13.1. The summed E-state index contributed by atoms with van der Waals surface area (Å²) in [4.78, 5) is 0. The van der Waals surface area contributed by atoms with Crippen LogP contribution in [0, 0.1) is 13.8 Å². The molecule has 0 bridgehead atoms. The molecule has 3 heteroatoms. The molecule has 0 radical (unpaired) electrons. The van der Waals surface area contributed by atoms with Gasteiger partial charge >= 0.3 is 0 Å². The molecule has 1 atom stereocenters. The smallest absolute Gasteiger partial charge is 0.0493 e. The van der Waals surface area contributed by atoms with E-state index < -0.39 is 0 Å². The molecule has 2 rings (SSSR count). The van der Waals surface area contributed by atoms with Gasteiger partial charge in [0.25, 0.3) is 0 Å². The fraction of sp³-hybridized carbons (Fsp3) is 0.250. The molecule has 0 saturated carbocycles. The summed E-state index contributed by atoms with van der Waals surface area (Å²) < 4.78 is 0.996. The van der Waals surface area contributed by atoms with Crippen molar-refractivity contribution in [3.05, 3.63) is 57.6 Å². The summed E-state index contributed by atoms with van der Waals surface area (Å²) in [6.45, 7) is 6.32.